The van der Waals surface area contributed by atoms with E-state index in [0.717, 1.165) is 16.4 Å². The first-order chi connectivity index (χ1) is 9.66. The lowest BCUT2D eigenvalue weighted by atomic mass is 10.2. The van der Waals surface area contributed by atoms with Gasteiger partial charge in [0.15, 0.2) is 0 Å². The van der Waals surface area contributed by atoms with Crippen molar-refractivity contribution in [1.82, 2.24) is 4.90 Å². The minimum atomic E-state index is -0.736. The molecule has 2 aliphatic heterocycles. The average molecular weight is 308 g/mol. The minimum Gasteiger partial charge on any atom is -0.480 e. The van der Waals surface area contributed by atoms with E-state index >= 15 is 0 Å². The summed E-state index contributed by atoms with van der Waals surface area (Å²) in [7, 11) is 1.89. The molecular formula is C14H16N2O2S2. The monoisotopic (exact) mass is 308 g/mol. The molecule has 1 unspecified atom stereocenters. The summed E-state index contributed by atoms with van der Waals surface area (Å²) in [4.78, 5) is 17.9. The van der Waals surface area contributed by atoms with Gasteiger partial charge in [0.1, 0.15) is 6.04 Å². The zero-order valence-corrected chi connectivity index (χ0v) is 12.7. The van der Waals surface area contributed by atoms with E-state index in [-0.39, 0.29) is 17.5 Å². The molecule has 106 valence electrons. The maximum absolute atomic E-state index is 11.2. The molecule has 0 saturated carbocycles. The zero-order valence-electron chi connectivity index (χ0n) is 11.1. The van der Waals surface area contributed by atoms with Gasteiger partial charge in [-0.05, 0) is 7.05 Å². The van der Waals surface area contributed by atoms with Crippen molar-refractivity contribution in [3.8, 4) is 0 Å². The van der Waals surface area contributed by atoms with Crippen LogP contribution in [0.3, 0.4) is 0 Å². The highest BCUT2D eigenvalue weighted by atomic mass is 32.2. The SMILES string of the molecule is CN1[C@@H](C(=O)O)CS[C@@H]1C1CSC(c2ccccc2)=N1. The summed E-state index contributed by atoms with van der Waals surface area (Å²) >= 11 is 3.47. The van der Waals surface area contributed by atoms with E-state index in [0.29, 0.717) is 5.75 Å². The van der Waals surface area contributed by atoms with E-state index in [1.54, 1.807) is 23.5 Å². The predicted molar refractivity (Wildman–Crippen MR) is 84.7 cm³/mol. The maximum atomic E-state index is 11.2. The van der Waals surface area contributed by atoms with Crippen LogP contribution in [0.2, 0.25) is 0 Å². The van der Waals surface area contributed by atoms with Crippen LogP contribution < -0.4 is 0 Å². The number of thioether (sulfide) groups is 2. The van der Waals surface area contributed by atoms with Gasteiger partial charge in [-0.1, -0.05) is 30.3 Å². The molecule has 3 rings (SSSR count). The van der Waals surface area contributed by atoms with Crippen molar-refractivity contribution in [2.45, 2.75) is 17.5 Å². The number of hydrogen-bond acceptors (Lipinski definition) is 5. The number of likely N-dealkylation sites (N-methyl/N-ethyl adjacent to an activating group) is 1. The Labute approximate surface area is 126 Å². The molecule has 2 heterocycles. The maximum Gasteiger partial charge on any atom is 0.321 e. The lowest BCUT2D eigenvalue weighted by molar-refractivity contribution is -0.141. The number of carboxylic acid groups (broad SMARTS) is 1. The number of aliphatic carboxylic acids is 1. The van der Waals surface area contributed by atoms with E-state index in [1.807, 2.05) is 30.1 Å². The number of benzene rings is 1. The van der Waals surface area contributed by atoms with Crippen LogP contribution in [0.1, 0.15) is 5.56 Å². The molecule has 1 fully saturated rings. The zero-order chi connectivity index (χ0) is 14.1. The first-order valence-electron chi connectivity index (χ1n) is 6.49. The molecule has 1 aromatic rings. The molecule has 0 spiro atoms. The molecule has 6 heteroatoms. The van der Waals surface area contributed by atoms with Gasteiger partial charge in [0.25, 0.3) is 0 Å². The van der Waals surface area contributed by atoms with Crippen molar-refractivity contribution in [2.24, 2.45) is 4.99 Å². The highest BCUT2D eigenvalue weighted by molar-refractivity contribution is 8.14. The topological polar surface area (TPSA) is 52.9 Å². The Morgan fingerprint density at radius 3 is 2.75 bits per heavy atom. The number of aliphatic imine (C=N–C) groups is 1. The van der Waals surface area contributed by atoms with Crippen LogP contribution in [-0.4, -0.2) is 57.0 Å². The minimum absolute atomic E-state index is 0.171. The van der Waals surface area contributed by atoms with Crippen molar-refractivity contribution in [2.75, 3.05) is 18.6 Å². The van der Waals surface area contributed by atoms with E-state index in [9.17, 15) is 9.90 Å². The fourth-order valence-electron chi connectivity index (χ4n) is 2.50. The Balaban J connectivity index is 1.74. The van der Waals surface area contributed by atoms with Gasteiger partial charge in [-0.25, -0.2) is 0 Å². The molecule has 0 bridgehead atoms. The van der Waals surface area contributed by atoms with E-state index in [2.05, 4.69) is 12.1 Å². The largest absolute Gasteiger partial charge is 0.480 e. The smallest absolute Gasteiger partial charge is 0.321 e. The van der Waals surface area contributed by atoms with E-state index in [4.69, 9.17) is 4.99 Å². The summed E-state index contributed by atoms with van der Waals surface area (Å²) < 4.78 is 0. The second-order valence-corrected chi connectivity index (χ2v) is 7.08. The molecule has 0 radical (unpaired) electrons. The van der Waals surface area contributed by atoms with Crippen molar-refractivity contribution in [1.29, 1.82) is 0 Å². The van der Waals surface area contributed by atoms with Crippen molar-refractivity contribution in [3.05, 3.63) is 35.9 Å². The van der Waals surface area contributed by atoms with E-state index < -0.39 is 5.97 Å². The summed E-state index contributed by atoms with van der Waals surface area (Å²) in [6.07, 6.45) is 0. The van der Waals surface area contributed by atoms with Gasteiger partial charge in [0.2, 0.25) is 0 Å². The first kappa shape index (κ1) is 14.0. The standard InChI is InChI=1S/C14H16N2O2S2/c1-16-11(14(17)18)8-20-13(16)10-7-19-12(15-10)9-5-3-2-4-6-9/h2-6,10-11,13H,7-8H2,1H3,(H,17,18)/t10?,11-,13-/m1/s1. The van der Waals surface area contributed by atoms with Gasteiger partial charge in [-0.15, -0.1) is 23.5 Å². The highest BCUT2D eigenvalue weighted by Gasteiger charge is 2.41. The number of carboxylic acids is 1. The van der Waals surface area contributed by atoms with Gasteiger partial charge in [-0.3, -0.25) is 14.7 Å². The number of hydrogen-bond donors (Lipinski definition) is 1. The Morgan fingerprint density at radius 2 is 2.10 bits per heavy atom. The Hall–Kier alpha value is -0.980. The quantitative estimate of drug-likeness (QED) is 0.926. The average Bonchev–Trinajstić information content (AvgIpc) is 3.06. The van der Waals surface area contributed by atoms with Crippen LogP contribution in [0.25, 0.3) is 0 Å². The van der Waals surface area contributed by atoms with Gasteiger partial charge >= 0.3 is 5.97 Å². The highest BCUT2D eigenvalue weighted by Crippen LogP contribution is 2.36. The molecule has 0 aliphatic carbocycles. The van der Waals surface area contributed by atoms with Crippen molar-refractivity contribution >= 4 is 34.5 Å². The Morgan fingerprint density at radius 1 is 1.35 bits per heavy atom. The van der Waals surface area contributed by atoms with Crippen LogP contribution in [0, 0.1) is 0 Å². The third-order valence-electron chi connectivity index (χ3n) is 3.63. The second kappa shape index (κ2) is 5.79. The molecular weight excluding hydrogens is 292 g/mol. The molecule has 1 N–H and O–H groups in total. The van der Waals surface area contributed by atoms with Crippen LogP contribution in [-0.2, 0) is 4.79 Å². The normalized spacial score (nSPS) is 30.4. The predicted octanol–water partition coefficient (Wildman–Crippen LogP) is 2.01. The summed E-state index contributed by atoms with van der Waals surface area (Å²) in [5, 5.41) is 10.4. The van der Waals surface area contributed by atoms with Crippen LogP contribution in [0.5, 0.6) is 0 Å². The molecule has 1 aromatic carbocycles. The Kier molecular flexibility index (Phi) is 4.05. The molecule has 1 saturated heterocycles. The summed E-state index contributed by atoms with van der Waals surface area (Å²) in [6, 6.07) is 9.96. The van der Waals surface area contributed by atoms with Gasteiger partial charge < -0.3 is 5.11 Å². The van der Waals surface area contributed by atoms with Crippen LogP contribution in [0.15, 0.2) is 35.3 Å². The summed E-state index contributed by atoms with van der Waals surface area (Å²) in [6.45, 7) is 0. The van der Waals surface area contributed by atoms with Gasteiger partial charge in [-0.2, -0.15) is 0 Å². The molecule has 3 atom stereocenters. The fourth-order valence-corrected chi connectivity index (χ4v) is 5.24. The molecule has 2 aliphatic rings. The third kappa shape index (κ3) is 2.60. The molecule has 0 amide bonds. The summed E-state index contributed by atoms with van der Waals surface area (Å²) in [5.74, 6) is 0.840. The number of nitrogens with zero attached hydrogens (tertiary/aromatic N) is 2. The fraction of sp³-hybridized carbons (Fsp3) is 0.429. The molecule has 0 aromatic heterocycles. The second-order valence-electron chi connectivity index (χ2n) is 4.92. The van der Waals surface area contributed by atoms with Gasteiger partial charge in [0.05, 0.1) is 16.5 Å². The lowest BCUT2D eigenvalue weighted by Crippen LogP contribution is -2.42. The number of carbonyl (C=O) groups is 1. The van der Waals surface area contributed by atoms with Gasteiger partial charge in [0, 0.05) is 17.1 Å². The molecule has 4 nitrogen and oxygen atoms in total. The molecule has 20 heavy (non-hydrogen) atoms. The van der Waals surface area contributed by atoms with Crippen molar-refractivity contribution in [3.63, 3.8) is 0 Å². The Bertz CT molecular complexity index is 535. The van der Waals surface area contributed by atoms with Crippen LogP contribution >= 0.6 is 23.5 Å². The lowest BCUT2D eigenvalue weighted by Gasteiger charge is -2.24. The van der Waals surface area contributed by atoms with E-state index in [1.165, 1.54) is 0 Å². The number of rotatable bonds is 3. The van der Waals surface area contributed by atoms with Crippen LogP contribution in [0.4, 0.5) is 0 Å². The third-order valence-corrected chi connectivity index (χ3v) is 6.25. The van der Waals surface area contributed by atoms with Crippen molar-refractivity contribution < 1.29 is 9.90 Å². The summed E-state index contributed by atoms with van der Waals surface area (Å²) in [5.41, 5.74) is 1.15. The first-order valence-corrected chi connectivity index (χ1v) is 8.52.